The fourth-order valence-corrected chi connectivity index (χ4v) is 2.37. The summed E-state index contributed by atoms with van der Waals surface area (Å²) in [6.07, 6.45) is 1.78. The summed E-state index contributed by atoms with van der Waals surface area (Å²) in [6.45, 7) is 6.06. The van der Waals surface area contributed by atoms with Gasteiger partial charge in [-0.3, -0.25) is 0 Å². The highest BCUT2D eigenvalue weighted by atomic mass is 79.9. The summed E-state index contributed by atoms with van der Waals surface area (Å²) in [5.41, 5.74) is 1.04. The van der Waals surface area contributed by atoms with Gasteiger partial charge in [-0.2, -0.15) is 0 Å². The van der Waals surface area contributed by atoms with E-state index in [1.54, 1.807) is 6.20 Å². The number of ether oxygens (including phenoxy) is 1. The zero-order chi connectivity index (χ0) is 15.2. The number of hydrogen-bond donors (Lipinski definition) is 1. The van der Waals surface area contributed by atoms with Crippen LogP contribution >= 0.6 is 27.5 Å². The number of aromatic nitrogens is 1. The molecule has 0 saturated carbocycles. The molecule has 1 heterocycles. The SMILES string of the molecule is CC(C)CNCc1cnc(Oc2ccccc2Br)c(Cl)c1. The van der Waals surface area contributed by atoms with E-state index in [1.165, 1.54) is 0 Å². The van der Waals surface area contributed by atoms with Crippen LogP contribution < -0.4 is 10.1 Å². The number of benzene rings is 1. The van der Waals surface area contributed by atoms with Crippen molar-refractivity contribution in [1.82, 2.24) is 10.3 Å². The van der Waals surface area contributed by atoms with Crippen molar-refractivity contribution in [2.75, 3.05) is 6.54 Å². The van der Waals surface area contributed by atoms with Gasteiger partial charge >= 0.3 is 0 Å². The van der Waals surface area contributed by atoms with E-state index < -0.39 is 0 Å². The second-order valence-electron chi connectivity index (χ2n) is 5.19. The molecule has 0 fully saturated rings. The topological polar surface area (TPSA) is 34.2 Å². The first-order valence-electron chi connectivity index (χ1n) is 6.84. The maximum absolute atomic E-state index is 6.24. The summed E-state index contributed by atoms with van der Waals surface area (Å²) in [7, 11) is 0. The van der Waals surface area contributed by atoms with Crippen LogP contribution in [0.15, 0.2) is 41.0 Å². The van der Waals surface area contributed by atoms with Crippen molar-refractivity contribution < 1.29 is 4.74 Å². The Labute approximate surface area is 138 Å². The van der Waals surface area contributed by atoms with E-state index in [0.717, 1.165) is 23.1 Å². The van der Waals surface area contributed by atoms with Gasteiger partial charge in [0.05, 0.1) is 4.47 Å². The standard InChI is InChI=1S/C16H18BrClN2O/c1-11(2)8-19-9-12-7-14(18)16(20-10-12)21-15-6-4-3-5-13(15)17/h3-7,10-11,19H,8-9H2,1-2H3. The average molecular weight is 370 g/mol. The maximum atomic E-state index is 6.24. The van der Waals surface area contributed by atoms with Gasteiger partial charge in [-0.25, -0.2) is 4.98 Å². The Morgan fingerprint density at radius 1 is 1.33 bits per heavy atom. The molecule has 112 valence electrons. The lowest BCUT2D eigenvalue weighted by atomic mass is 10.2. The number of para-hydroxylation sites is 1. The van der Waals surface area contributed by atoms with E-state index in [1.807, 2.05) is 30.3 Å². The Hall–Kier alpha value is -1.10. The van der Waals surface area contributed by atoms with Crippen LogP contribution in [0, 0.1) is 5.92 Å². The Balaban J connectivity index is 2.04. The molecule has 0 spiro atoms. The second-order valence-corrected chi connectivity index (χ2v) is 6.45. The van der Waals surface area contributed by atoms with Gasteiger partial charge in [0.1, 0.15) is 10.8 Å². The molecular weight excluding hydrogens is 352 g/mol. The largest absolute Gasteiger partial charge is 0.436 e. The number of nitrogens with zero attached hydrogens (tertiary/aromatic N) is 1. The molecule has 2 aromatic rings. The highest BCUT2D eigenvalue weighted by Crippen LogP contribution is 2.32. The fourth-order valence-electron chi connectivity index (χ4n) is 1.77. The summed E-state index contributed by atoms with van der Waals surface area (Å²) >= 11 is 9.68. The minimum Gasteiger partial charge on any atom is -0.436 e. The molecule has 1 aromatic carbocycles. The van der Waals surface area contributed by atoms with Crippen LogP contribution in [0.4, 0.5) is 0 Å². The summed E-state index contributed by atoms with van der Waals surface area (Å²) in [6, 6.07) is 9.48. The van der Waals surface area contributed by atoms with Crippen molar-refractivity contribution in [3.05, 3.63) is 51.6 Å². The number of nitrogens with one attached hydrogen (secondary N) is 1. The predicted molar refractivity (Wildman–Crippen MR) is 90.0 cm³/mol. The number of pyridine rings is 1. The lowest BCUT2D eigenvalue weighted by Gasteiger charge is -2.10. The van der Waals surface area contributed by atoms with E-state index in [0.29, 0.717) is 22.6 Å². The van der Waals surface area contributed by atoms with E-state index in [2.05, 4.69) is 40.1 Å². The lowest BCUT2D eigenvalue weighted by Crippen LogP contribution is -2.19. The van der Waals surface area contributed by atoms with Crippen LogP contribution in [0.5, 0.6) is 11.6 Å². The third-order valence-corrected chi connectivity index (χ3v) is 3.71. The Kier molecular flexibility index (Phi) is 6.03. The van der Waals surface area contributed by atoms with Gasteiger partial charge in [0.2, 0.25) is 5.88 Å². The van der Waals surface area contributed by atoms with Crippen LogP contribution in [0.2, 0.25) is 5.02 Å². The highest BCUT2D eigenvalue weighted by Gasteiger charge is 2.08. The van der Waals surface area contributed by atoms with Gasteiger partial charge in [0.25, 0.3) is 0 Å². The molecule has 5 heteroatoms. The zero-order valence-corrected chi connectivity index (χ0v) is 14.4. The van der Waals surface area contributed by atoms with Crippen molar-refractivity contribution in [2.24, 2.45) is 5.92 Å². The fraction of sp³-hybridized carbons (Fsp3) is 0.312. The van der Waals surface area contributed by atoms with Crippen molar-refractivity contribution in [3.63, 3.8) is 0 Å². The first kappa shape index (κ1) is 16.3. The molecule has 0 unspecified atom stereocenters. The first-order valence-corrected chi connectivity index (χ1v) is 8.01. The molecular formula is C16H18BrClN2O. The van der Waals surface area contributed by atoms with E-state index in [-0.39, 0.29) is 0 Å². The molecule has 21 heavy (non-hydrogen) atoms. The summed E-state index contributed by atoms with van der Waals surface area (Å²) in [5.74, 6) is 1.72. The van der Waals surface area contributed by atoms with E-state index in [9.17, 15) is 0 Å². The normalized spacial score (nSPS) is 10.9. The third-order valence-electron chi connectivity index (χ3n) is 2.79. The molecule has 3 nitrogen and oxygen atoms in total. The van der Waals surface area contributed by atoms with Crippen molar-refractivity contribution in [1.29, 1.82) is 0 Å². The maximum Gasteiger partial charge on any atom is 0.238 e. The molecule has 2 rings (SSSR count). The Morgan fingerprint density at radius 2 is 2.10 bits per heavy atom. The molecule has 0 aliphatic carbocycles. The minimum absolute atomic E-state index is 0.413. The number of halogens is 2. The smallest absolute Gasteiger partial charge is 0.238 e. The molecule has 1 N–H and O–H groups in total. The van der Waals surface area contributed by atoms with Gasteiger partial charge in [-0.05, 0) is 52.2 Å². The van der Waals surface area contributed by atoms with Gasteiger partial charge in [0.15, 0.2) is 0 Å². The molecule has 0 atom stereocenters. The minimum atomic E-state index is 0.413. The third kappa shape index (κ3) is 4.99. The van der Waals surface area contributed by atoms with Gasteiger partial charge in [0, 0.05) is 12.7 Å². The monoisotopic (exact) mass is 368 g/mol. The number of hydrogen-bond acceptors (Lipinski definition) is 3. The van der Waals surface area contributed by atoms with Gasteiger partial charge in [-0.1, -0.05) is 37.6 Å². The summed E-state index contributed by atoms with van der Waals surface area (Å²) in [4.78, 5) is 4.30. The molecule has 1 aromatic heterocycles. The van der Waals surface area contributed by atoms with Crippen molar-refractivity contribution in [2.45, 2.75) is 20.4 Å². The zero-order valence-electron chi connectivity index (χ0n) is 12.1. The van der Waals surface area contributed by atoms with Crippen LogP contribution in [-0.2, 0) is 6.54 Å². The Morgan fingerprint density at radius 3 is 2.76 bits per heavy atom. The predicted octanol–water partition coefficient (Wildman–Crippen LogP) is 5.04. The average Bonchev–Trinajstić information content (AvgIpc) is 2.43. The van der Waals surface area contributed by atoms with Crippen LogP contribution in [-0.4, -0.2) is 11.5 Å². The quantitative estimate of drug-likeness (QED) is 0.775. The molecule has 0 bridgehead atoms. The van der Waals surface area contributed by atoms with Gasteiger partial charge < -0.3 is 10.1 Å². The molecule has 0 saturated heterocycles. The van der Waals surface area contributed by atoms with E-state index >= 15 is 0 Å². The summed E-state index contributed by atoms with van der Waals surface area (Å²) in [5, 5.41) is 3.87. The number of rotatable bonds is 6. The van der Waals surface area contributed by atoms with Gasteiger partial charge in [-0.15, -0.1) is 0 Å². The first-order chi connectivity index (χ1) is 10.1. The molecule has 0 radical (unpaired) electrons. The van der Waals surface area contributed by atoms with Crippen LogP contribution in [0.3, 0.4) is 0 Å². The van der Waals surface area contributed by atoms with Crippen LogP contribution in [0.25, 0.3) is 0 Å². The lowest BCUT2D eigenvalue weighted by molar-refractivity contribution is 0.459. The molecule has 0 amide bonds. The molecule has 0 aliphatic rings. The van der Waals surface area contributed by atoms with Crippen molar-refractivity contribution >= 4 is 27.5 Å². The van der Waals surface area contributed by atoms with Crippen LogP contribution in [0.1, 0.15) is 19.4 Å². The highest BCUT2D eigenvalue weighted by molar-refractivity contribution is 9.10. The van der Waals surface area contributed by atoms with Crippen molar-refractivity contribution in [3.8, 4) is 11.6 Å². The summed E-state index contributed by atoms with van der Waals surface area (Å²) < 4.78 is 6.59. The molecule has 0 aliphatic heterocycles. The Bertz CT molecular complexity index is 605. The van der Waals surface area contributed by atoms with E-state index in [4.69, 9.17) is 16.3 Å². The second kappa shape index (κ2) is 7.78.